The van der Waals surface area contributed by atoms with Gasteiger partial charge in [0.2, 0.25) is 5.95 Å². The van der Waals surface area contributed by atoms with Crippen molar-refractivity contribution < 1.29 is 4.79 Å². The van der Waals surface area contributed by atoms with Crippen molar-refractivity contribution in [2.24, 2.45) is 0 Å². The van der Waals surface area contributed by atoms with Gasteiger partial charge < -0.3 is 20.1 Å². The van der Waals surface area contributed by atoms with E-state index in [1.165, 1.54) is 24.8 Å². The third-order valence-corrected chi connectivity index (χ3v) is 7.11. The summed E-state index contributed by atoms with van der Waals surface area (Å²) in [4.78, 5) is 23.9. The van der Waals surface area contributed by atoms with Gasteiger partial charge >= 0.3 is 0 Å². The summed E-state index contributed by atoms with van der Waals surface area (Å²) in [6.07, 6.45) is 7.47. The van der Waals surface area contributed by atoms with Gasteiger partial charge in [-0.25, -0.2) is 4.98 Å². The standard InChI is InChI=1S/C25H32N6O/c1-25(11-4-12-25)31-21(23(32)30(2)3)15-19-16-27-24(29-22(19)31)28-20-7-5-17(6-8-20)18-9-13-26-14-10-18/h5-8,15-16,18,26H,4,9-14H2,1-3H3,(H,27,28,29). The highest BCUT2D eigenvalue weighted by Gasteiger charge is 2.38. The summed E-state index contributed by atoms with van der Waals surface area (Å²) >= 11 is 0. The fraction of sp³-hybridized carbons (Fsp3) is 0.480. The third-order valence-electron chi connectivity index (χ3n) is 7.11. The highest BCUT2D eigenvalue weighted by molar-refractivity contribution is 5.98. The molecular formula is C25H32N6O. The van der Waals surface area contributed by atoms with E-state index in [9.17, 15) is 4.79 Å². The van der Waals surface area contributed by atoms with Crippen molar-refractivity contribution in [3.05, 3.63) is 47.8 Å². The van der Waals surface area contributed by atoms with E-state index in [0.29, 0.717) is 17.6 Å². The third kappa shape index (κ3) is 3.75. The summed E-state index contributed by atoms with van der Waals surface area (Å²) in [7, 11) is 3.58. The topological polar surface area (TPSA) is 75.1 Å². The van der Waals surface area contributed by atoms with Crippen molar-refractivity contribution in [2.45, 2.75) is 50.5 Å². The molecule has 1 aromatic carbocycles. The highest BCUT2D eigenvalue weighted by Crippen LogP contribution is 2.42. The molecule has 3 aromatic rings. The molecule has 32 heavy (non-hydrogen) atoms. The molecule has 0 atom stereocenters. The zero-order chi connectivity index (χ0) is 22.3. The number of aromatic nitrogens is 3. The van der Waals surface area contributed by atoms with Gasteiger partial charge in [-0.1, -0.05) is 12.1 Å². The number of hydrogen-bond donors (Lipinski definition) is 2. The van der Waals surface area contributed by atoms with E-state index in [2.05, 4.69) is 51.4 Å². The molecule has 168 valence electrons. The number of piperidine rings is 1. The van der Waals surface area contributed by atoms with Crippen LogP contribution in [0.2, 0.25) is 0 Å². The second-order valence-corrected chi connectivity index (χ2v) is 9.66. The quantitative estimate of drug-likeness (QED) is 0.631. The first kappa shape index (κ1) is 20.9. The molecule has 7 heteroatoms. The Kier molecular flexibility index (Phi) is 5.37. The van der Waals surface area contributed by atoms with Crippen molar-refractivity contribution in [2.75, 3.05) is 32.5 Å². The average Bonchev–Trinajstić information content (AvgIpc) is 3.17. The molecule has 1 saturated heterocycles. The molecule has 1 aliphatic carbocycles. The summed E-state index contributed by atoms with van der Waals surface area (Å²) in [6.45, 7) is 4.40. The summed E-state index contributed by atoms with van der Waals surface area (Å²) in [5.41, 5.74) is 3.79. The predicted molar refractivity (Wildman–Crippen MR) is 128 cm³/mol. The maximum absolute atomic E-state index is 12.9. The Morgan fingerprint density at radius 1 is 1.19 bits per heavy atom. The van der Waals surface area contributed by atoms with Crippen molar-refractivity contribution in [3.8, 4) is 0 Å². The number of benzene rings is 1. The lowest BCUT2D eigenvalue weighted by molar-refractivity contribution is 0.0793. The molecule has 2 fully saturated rings. The summed E-state index contributed by atoms with van der Waals surface area (Å²) in [5, 5.41) is 7.68. The number of carbonyl (C=O) groups excluding carboxylic acids is 1. The van der Waals surface area contributed by atoms with Crippen LogP contribution in [0.25, 0.3) is 11.0 Å². The van der Waals surface area contributed by atoms with Gasteiger partial charge in [-0.15, -0.1) is 0 Å². The Bertz CT molecular complexity index is 1120. The van der Waals surface area contributed by atoms with Gasteiger partial charge in [0, 0.05) is 36.9 Å². The molecule has 2 aromatic heterocycles. The SMILES string of the molecule is CN(C)C(=O)c1cc2cnc(Nc3ccc(C4CCNCC4)cc3)nc2n1C1(C)CCC1. The Morgan fingerprint density at radius 3 is 2.53 bits per heavy atom. The minimum Gasteiger partial charge on any atom is -0.343 e. The summed E-state index contributed by atoms with van der Waals surface area (Å²) < 4.78 is 2.14. The number of rotatable bonds is 5. The van der Waals surface area contributed by atoms with Crippen LogP contribution in [0, 0.1) is 0 Å². The molecular weight excluding hydrogens is 400 g/mol. The van der Waals surface area contributed by atoms with Gasteiger partial charge in [-0.2, -0.15) is 4.98 Å². The number of nitrogens with zero attached hydrogens (tertiary/aromatic N) is 4. The Balaban J connectivity index is 1.45. The van der Waals surface area contributed by atoms with Gasteiger partial charge in [0.25, 0.3) is 5.91 Å². The van der Waals surface area contributed by atoms with Crippen LogP contribution in [0.4, 0.5) is 11.6 Å². The maximum atomic E-state index is 12.9. The van der Waals surface area contributed by atoms with E-state index < -0.39 is 0 Å². The number of carbonyl (C=O) groups is 1. The molecule has 3 heterocycles. The first-order chi connectivity index (χ1) is 15.4. The van der Waals surface area contributed by atoms with E-state index in [0.717, 1.165) is 42.7 Å². The van der Waals surface area contributed by atoms with Crippen LogP contribution in [0.5, 0.6) is 0 Å². The van der Waals surface area contributed by atoms with Crippen molar-refractivity contribution in [1.82, 2.24) is 24.8 Å². The fourth-order valence-electron chi connectivity index (χ4n) is 5.02. The van der Waals surface area contributed by atoms with Crippen molar-refractivity contribution >= 4 is 28.6 Å². The average molecular weight is 433 g/mol. The smallest absolute Gasteiger partial charge is 0.270 e. The fourth-order valence-corrected chi connectivity index (χ4v) is 5.02. The molecule has 1 amide bonds. The highest BCUT2D eigenvalue weighted by atomic mass is 16.2. The normalized spacial score (nSPS) is 18.3. The van der Waals surface area contributed by atoms with Crippen LogP contribution >= 0.6 is 0 Å². The lowest BCUT2D eigenvalue weighted by Gasteiger charge is -2.41. The van der Waals surface area contributed by atoms with Crippen LogP contribution in [0.3, 0.4) is 0 Å². The zero-order valence-corrected chi connectivity index (χ0v) is 19.2. The van der Waals surface area contributed by atoms with Crippen molar-refractivity contribution in [3.63, 3.8) is 0 Å². The minimum absolute atomic E-state index is 0.000800. The Labute approximate surface area is 189 Å². The van der Waals surface area contributed by atoms with E-state index in [-0.39, 0.29) is 11.4 Å². The van der Waals surface area contributed by atoms with Gasteiger partial charge in [-0.05, 0) is 81.8 Å². The largest absolute Gasteiger partial charge is 0.343 e. The maximum Gasteiger partial charge on any atom is 0.270 e. The van der Waals surface area contributed by atoms with E-state index in [1.54, 1.807) is 19.0 Å². The van der Waals surface area contributed by atoms with Gasteiger partial charge in [0.1, 0.15) is 11.3 Å². The second-order valence-electron chi connectivity index (χ2n) is 9.66. The molecule has 0 bridgehead atoms. The molecule has 0 spiro atoms. The zero-order valence-electron chi connectivity index (χ0n) is 19.2. The Morgan fingerprint density at radius 2 is 1.91 bits per heavy atom. The molecule has 2 N–H and O–H groups in total. The van der Waals surface area contributed by atoms with Crippen LogP contribution in [-0.2, 0) is 5.54 Å². The van der Waals surface area contributed by atoms with Gasteiger partial charge in [-0.3, -0.25) is 4.79 Å². The molecule has 2 aliphatic rings. The minimum atomic E-state index is -0.0785. The molecule has 1 aliphatic heterocycles. The molecule has 5 rings (SSSR count). The molecule has 0 unspecified atom stereocenters. The summed E-state index contributed by atoms with van der Waals surface area (Å²) in [5.74, 6) is 1.19. The first-order valence-electron chi connectivity index (χ1n) is 11.6. The first-order valence-corrected chi connectivity index (χ1v) is 11.6. The molecule has 1 saturated carbocycles. The second kappa shape index (κ2) is 8.20. The van der Waals surface area contributed by atoms with E-state index >= 15 is 0 Å². The number of fused-ring (bicyclic) bond motifs is 1. The van der Waals surface area contributed by atoms with Crippen molar-refractivity contribution in [1.29, 1.82) is 0 Å². The van der Waals surface area contributed by atoms with Crippen LogP contribution in [0.15, 0.2) is 36.5 Å². The van der Waals surface area contributed by atoms with Crippen LogP contribution < -0.4 is 10.6 Å². The lowest BCUT2D eigenvalue weighted by Crippen LogP contribution is -2.40. The van der Waals surface area contributed by atoms with E-state index in [1.807, 2.05) is 12.3 Å². The predicted octanol–water partition coefficient (Wildman–Crippen LogP) is 4.24. The van der Waals surface area contributed by atoms with Gasteiger partial charge in [0.05, 0.1) is 0 Å². The number of amides is 1. The molecule has 7 nitrogen and oxygen atoms in total. The van der Waals surface area contributed by atoms with Gasteiger partial charge in [0.15, 0.2) is 0 Å². The van der Waals surface area contributed by atoms with Crippen LogP contribution in [-0.4, -0.2) is 52.5 Å². The lowest BCUT2D eigenvalue weighted by atomic mass is 9.78. The summed E-state index contributed by atoms with van der Waals surface area (Å²) in [6, 6.07) is 10.6. The number of nitrogens with one attached hydrogen (secondary N) is 2. The van der Waals surface area contributed by atoms with Crippen LogP contribution in [0.1, 0.15) is 61.0 Å². The number of hydrogen-bond acceptors (Lipinski definition) is 5. The molecule has 0 radical (unpaired) electrons. The van der Waals surface area contributed by atoms with E-state index in [4.69, 9.17) is 4.98 Å². The monoisotopic (exact) mass is 432 g/mol. The number of anilines is 2. The Hall–Kier alpha value is -2.93.